The van der Waals surface area contributed by atoms with Crippen molar-refractivity contribution in [3.05, 3.63) is 78.6 Å². The number of pyridine rings is 1. The monoisotopic (exact) mass is 381 g/mol. The van der Waals surface area contributed by atoms with Gasteiger partial charge >= 0.3 is 0 Å². The number of hydrogen-bond donors (Lipinski definition) is 1. The van der Waals surface area contributed by atoms with Crippen molar-refractivity contribution in [2.75, 3.05) is 0 Å². The van der Waals surface area contributed by atoms with Gasteiger partial charge in [0, 0.05) is 37.3 Å². The van der Waals surface area contributed by atoms with Gasteiger partial charge < -0.3 is 9.88 Å². The normalized spacial score (nSPS) is 11.3. The van der Waals surface area contributed by atoms with E-state index >= 15 is 0 Å². The molecule has 0 radical (unpaired) electrons. The number of benzene rings is 2. The molecular formula is C23H19N5O. The summed E-state index contributed by atoms with van der Waals surface area (Å²) in [4.78, 5) is 26.2. The van der Waals surface area contributed by atoms with E-state index in [-0.39, 0.29) is 5.91 Å². The minimum absolute atomic E-state index is 0.00599. The molecule has 29 heavy (non-hydrogen) atoms. The van der Waals surface area contributed by atoms with Crippen LogP contribution < -0.4 is 5.32 Å². The minimum Gasteiger partial charge on any atom is -0.352 e. The molecule has 3 aromatic heterocycles. The first-order valence-electron chi connectivity index (χ1n) is 9.59. The molecule has 0 unspecified atom stereocenters. The standard InChI is InChI=1S/C23H19N5O/c29-21(25-15-16-6-5-12-24-14-16)11-13-28-20-10-4-1-7-17(20)22-23(28)27-19-9-3-2-8-18(19)26-22/h1-10,12,14H,11,13,15H2,(H,25,29). The van der Waals surface area contributed by atoms with E-state index in [1.807, 2.05) is 48.5 Å². The molecule has 1 N–H and O–H groups in total. The van der Waals surface area contributed by atoms with Gasteiger partial charge in [0.05, 0.1) is 16.6 Å². The van der Waals surface area contributed by atoms with Gasteiger partial charge in [0.1, 0.15) is 5.52 Å². The lowest BCUT2D eigenvalue weighted by molar-refractivity contribution is -0.121. The molecule has 2 aromatic carbocycles. The molecule has 0 saturated heterocycles. The molecule has 0 spiro atoms. The predicted octanol–water partition coefficient (Wildman–Crippen LogP) is 3.84. The van der Waals surface area contributed by atoms with Crippen LogP contribution in [-0.2, 0) is 17.9 Å². The Hall–Kier alpha value is -3.80. The molecule has 6 nitrogen and oxygen atoms in total. The SMILES string of the molecule is O=C(CCn1c2ccccc2c2nc3ccccc3nc21)NCc1cccnc1. The maximum absolute atomic E-state index is 12.4. The second-order valence-electron chi connectivity index (χ2n) is 6.94. The quantitative estimate of drug-likeness (QED) is 0.502. The van der Waals surface area contributed by atoms with E-state index in [4.69, 9.17) is 9.97 Å². The van der Waals surface area contributed by atoms with E-state index in [9.17, 15) is 4.79 Å². The summed E-state index contributed by atoms with van der Waals surface area (Å²) in [6, 6.07) is 19.8. The zero-order valence-corrected chi connectivity index (χ0v) is 15.7. The van der Waals surface area contributed by atoms with Gasteiger partial charge in [0.15, 0.2) is 5.65 Å². The average molecular weight is 381 g/mol. The van der Waals surface area contributed by atoms with Crippen LogP contribution in [0.3, 0.4) is 0 Å². The van der Waals surface area contributed by atoms with Crippen LogP contribution in [0.1, 0.15) is 12.0 Å². The summed E-state index contributed by atoms with van der Waals surface area (Å²) in [5.41, 5.74) is 5.43. The fraction of sp³-hybridized carbons (Fsp3) is 0.130. The van der Waals surface area contributed by atoms with Gasteiger partial charge in [-0.1, -0.05) is 36.4 Å². The van der Waals surface area contributed by atoms with E-state index in [0.717, 1.165) is 38.7 Å². The Balaban J connectivity index is 1.45. The Morgan fingerprint density at radius 3 is 2.55 bits per heavy atom. The second kappa shape index (κ2) is 7.31. The number of amides is 1. The summed E-state index contributed by atoms with van der Waals surface area (Å²) >= 11 is 0. The van der Waals surface area contributed by atoms with Crippen molar-refractivity contribution >= 4 is 39.0 Å². The maximum Gasteiger partial charge on any atom is 0.222 e. The van der Waals surface area contributed by atoms with E-state index in [0.29, 0.717) is 19.5 Å². The highest BCUT2D eigenvalue weighted by atomic mass is 16.1. The van der Waals surface area contributed by atoms with Crippen molar-refractivity contribution in [2.24, 2.45) is 0 Å². The van der Waals surface area contributed by atoms with Crippen LogP contribution in [0.4, 0.5) is 0 Å². The Labute approximate surface area is 167 Å². The van der Waals surface area contributed by atoms with Gasteiger partial charge in [-0.05, 0) is 29.8 Å². The fourth-order valence-corrected chi connectivity index (χ4v) is 3.61. The van der Waals surface area contributed by atoms with Crippen molar-refractivity contribution in [2.45, 2.75) is 19.5 Å². The Morgan fingerprint density at radius 2 is 1.72 bits per heavy atom. The lowest BCUT2D eigenvalue weighted by Crippen LogP contribution is -2.24. The number of nitrogens with one attached hydrogen (secondary N) is 1. The van der Waals surface area contributed by atoms with Crippen LogP contribution >= 0.6 is 0 Å². The van der Waals surface area contributed by atoms with E-state index in [1.54, 1.807) is 12.4 Å². The highest BCUT2D eigenvalue weighted by Gasteiger charge is 2.15. The van der Waals surface area contributed by atoms with Crippen LogP contribution in [-0.4, -0.2) is 25.4 Å². The molecular weight excluding hydrogens is 362 g/mol. The molecule has 1 amide bonds. The highest BCUT2D eigenvalue weighted by Crippen LogP contribution is 2.28. The highest BCUT2D eigenvalue weighted by molar-refractivity contribution is 6.06. The number of carbonyl (C=O) groups is 1. The summed E-state index contributed by atoms with van der Waals surface area (Å²) in [5.74, 6) is -0.00599. The maximum atomic E-state index is 12.4. The topological polar surface area (TPSA) is 72.7 Å². The summed E-state index contributed by atoms with van der Waals surface area (Å²) in [7, 11) is 0. The minimum atomic E-state index is -0.00599. The predicted molar refractivity (Wildman–Crippen MR) is 113 cm³/mol. The van der Waals surface area contributed by atoms with Crippen LogP contribution in [0.15, 0.2) is 73.1 Å². The molecule has 0 aliphatic rings. The summed E-state index contributed by atoms with van der Waals surface area (Å²) < 4.78 is 2.09. The molecule has 3 heterocycles. The zero-order valence-electron chi connectivity index (χ0n) is 15.7. The number of aryl methyl sites for hydroxylation is 1. The van der Waals surface area contributed by atoms with E-state index in [1.165, 1.54) is 0 Å². The third-order valence-electron chi connectivity index (χ3n) is 5.03. The molecule has 5 rings (SSSR count). The summed E-state index contributed by atoms with van der Waals surface area (Å²) in [6.45, 7) is 1.01. The molecule has 6 heteroatoms. The number of rotatable bonds is 5. The third kappa shape index (κ3) is 3.29. The molecule has 0 aliphatic heterocycles. The smallest absolute Gasteiger partial charge is 0.222 e. The van der Waals surface area contributed by atoms with Gasteiger partial charge in [-0.3, -0.25) is 9.78 Å². The first kappa shape index (κ1) is 17.3. The van der Waals surface area contributed by atoms with Crippen molar-refractivity contribution in [1.29, 1.82) is 0 Å². The van der Waals surface area contributed by atoms with Gasteiger partial charge in [0.2, 0.25) is 5.91 Å². The van der Waals surface area contributed by atoms with E-state index in [2.05, 4.69) is 27.0 Å². The molecule has 0 aliphatic carbocycles. The van der Waals surface area contributed by atoms with Gasteiger partial charge in [-0.25, -0.2) is 9.97 Å². The molecule has 0 saturated carbocycles. The summed E-state index contributed by atoms with van der Waals surface area (Å²) in [5, 5.41) is 4.01. The first-order valence-corrected chi connectivity index (χ1v) is 9.59. The molecule has 0 fully saturated rings. The number of fused-ring (bicyclic) bond motifs is 4. The Kier molecular flexibility index (Phi) is 4.37. The van der Waals surface area contributed by atoms with Crippen LogP contribution in [0.2, 0.25) is 0 Å². The fourth-order valence-electron chi connectivity index (χ4n) is 3.61. The number of carbonyl (C=O) groups excluding carboxylic acids is 1. The lowest BCUT2D eigenvalue weighted by atomic mass is 10.2. The second-order valence-corrected chi connectivity index (χ2v) is 6.94. The van der Waals surface area contributed by atoms with Gasteiger partial charge in [-0.2, -0.15) is 0 Å². The first-order chi connectivity index (χ1) is 14.3. The number of para-hydroxylation sites is 3. The van der Waals surface area contributed by atoms with Crippen LogP contribution in [0.25, 0.3) is 33.1 Å². The van der Waals surface area contributed by atoms with Crippen LogP contribution in [0.5, 0.6) is 0 Å². The average Bonchev–Trinajstić information content (AvgIpc) is 3.08. The summed E-state index contributed by atoms with van der Waals surface area (Å²) in [6.07, 6.45) is 3.84. The van der Waals surface area contributed by atoms with Gasteiger partial charge in [0.25, 0.3) is 0 Å². The van der Waals surface area contributed by atoms with Crippen molar-refractivity contribution in [3.63, 3.8) is 0 Å². The zero-order chi connectivity index (χ0) is 19.6. The molecule has 142 valence electrons. The van der Waals surface area contributed by atoms with Crippen molar-refractivity contribution < 1.29 is 4.79 Å². The number of aromatic nitrogens is 4. The van der Waals surface area contributed by atoms with E-state index < -0.39 is 0 Å². The van der Waals surface area contributed by atoms with Gasteiger partial charge in [-0.15, -0.1) is 0 Å². The molecule has 0 atom stereocenters. The number of hydrogen-bond acceptors (Lipinski definition) is 4. The molecule has 0 bridgehead atoms. The third-order valence-corrected chi connectivity index (χ3v) is 5.03. The lowest BCUT2D eigenvalue weighted by Gasteiger charge is -2.08. The Morgan fingerprint density at radius 1 is 0.931 bits per heavy atom. The van der Waals surface area contributed by atoms with Crippen molar-refractivity contribution in [1.82, 2.24) is 24.8 Å². The Bertz CT molecular complexity index is 1330. The largest absolute Gasteiger partial charge is 0.352 e. The number of nitrogens with zero attached hydrogens (tertiary/aromatic N) is 4. The molecule has 5 aromatic rings. The van der Waals surface area contributed by atoms with Crippen LogP contribution in [0, 0.1) is 0 Å². The van der Waals surface area contributed by atoms with Crippen molar-refractivity contribution in [3.8, 4) is 0 Å².